The third kappa shape index (κ3) is 6.22. The van der Waals surface area contributed by atoms with Gasteiger partial charge in [-0.1, -0.05) is 231 Å². The summed E-state index contributed by atoms with van der Waals surface area (Å²) in [6, 6.07) is 96.3. The van der Waals surface area contributed by atoms with Gasteiger partial charge in [0, 0.05) is 42.6 Å². The minimum absolute atomic E-state index is 0.527. The Hall–Kier alpha value is -8.30. The molecule has 12 aromatic rings. The van der Waals surface area contributed by atoms with Gasteiger partial charge in [-0.3, -0.25) is 0 Å². The monoisotopic (exact) mass is 869 g/mol. The average molecular weight is 870 g/mol. The molecule has 1 aromatic heterocycles. The number of nitrogens with zero attached hydrogens (tertiary/aromatic N) is 1. The molecule has 0 radical (unpaired) electrons. The zero-order valence-electron chi connectivity index (χ0n) is 36.7. The van der Waals surface area contributed by atoms with Crippen LogP contribution in [0, 0.1) is 0 Å². The van der Waals surface area contributed by atoms with E-state index in [1.807, 2.05) is 11.3 Å². The highest BCUT2D eigenvalue weighted by Crippen LogP contribution is 2.60. The topological polar surface area (TPSA) is 3.24 Å². The molecule has 0 saturated heterocycles. The van der Waals surface area contributed by atoms with Crippen LogP contribution in [0.2, 0.25) is 0 Å². The molecule has 0 spiro atoms. The van der Waals surface area contributed by atoms with E-state index in [1.165, 1.54) is 97.7 Å². The molecule has 0 fully saturated rings. The van der Waals surface area contributed by atoms with Crippen LogP contribution in [0.4, 0.5) is 17.1 Å². The molecule has 0 saturated carbocycles. The van der Waals surface area contributed by atoms with E-state index >= 15 is 0 Å². The van der Waals surface area contributed by atoms with E-state index in [0.29, 0.717) is 0 Å². The molecular weight excluding hydrogens is 827 g/mol. The minimum atomic E-state index is -0.527. The minimum Gasteiger partial charge on any atom is -0.309 e. The highest BCUT2D eigenvalue weighted by molar-refractivity contribution is 7.26. The number of hydrogen-bond acceptors (Lipinski definition) is 2. The van der Waals surface area contributed by atoms with Gasteiger partial charge in [-0.05, 0) is 91.2 Å². The second-order valence-corrected chi connectivity index (χ2v) is 18.6. The molecule has 2 heteroatoms. The van der Waals surface area contributed by atoms with Crippen molar-refractivity contribution in [3.05, 3.63) is 283 Å². The van der Waals surface area contributed by atoms with Gasteiger partial charge in [0.05, 0.1) is 16.8 Å². The van der Waals surface area contributed by atoms with Crippen LogP contribution in [0.25, 0.3) is 75.5 Å². The molecule has 11 aromatic carbocycles. The van der Waals surface area contributed by atoms with Crippen LogP contribution in [0.3, 0.4) is 0 Å². The van der Waals surface area contributed by atoms with Crippen LogP contribution in [0.5, 0.6) is 0 Å². The Labute approximate surface area is 395 Å². The van der Waals surface area contributed by atoms with Gasteiger partial charge in [0.1, 0.15) is 0 Å². The Morgan fingerprint density at radius 2 is 0.821 bits per heavy atom. The van der Waals surface area contributed by atoms with Crippen molar-refractivity contribution in [1.29, 1.82) is 0 Å². The van der Waals surface area contributed by atoms with Crippen LogP contribution in [-0.4, -0.2) is 0 Å². The van der Waals surface area contributed by atoms with Gasteiger partial charge < -0.3 is 4.90 Å². The SMILES string of the molecule is c1ccc(C2(c3ccccc3)c3ccccc3-c3c(N(c4ccc(-c5ccc(-c6cccc7ccccc67)cc5)cc4)c4ccccc4-c4cccc5c4sc4ccccc45)cccc32)cc1. The van der Waals surface area contributed by atoms with Crippen molar-refractivity contribution in [2.45, 2.75) is 5.41 Å². The molecule has 1 aliphatic rings. The maximum atomic E-state index is 2.52. The predicted octanol–water partition coefficient (Wildman–Crippen LogP) is 18.0. The lowest BCUT2D eigenvalue weighted by atomic mass is 9.68. The van der Waals surface area contributed by atoms with Gasteiger partial charge in [-0.25, -0.2) is 0 Å². The summed E-state index contributed by atoms with van der Waals surface area (Å²) in [6.45, 7) is 0. The number of anilines is 3. The average Bonchev–Trinajstić information content (AvgIpc) is 3.94. The fourth-order valence-corrected chi connectivity index (χ4v) is 12.3. The fourth-order valence-electron chi connectivity index (χ4n) is 11.0. The van der Waals surface area contributed by atoms with Gasteiger partial charge >= 0.3 is 0 Å². The maximum Gasteiger partial charge on any atom is 0.0714 e. The van der Waals surface area contributed by atoms with E-state index < -0.39 is 5.41 Å². The highest BCUT2D eigenvalue weighted by Gasteiger charge is 2.47. The summed E-state index contributed by atoms with van der Waals surface area (Å²) in [4.78, 5) is 2.52. The third-order valence-corrected chi connectivity index (χ3v) is 15.2. The van der Waals surface area contributed by atoms with Crippen LogP contribution in [0.15, 0.2) is 261 Å². The van der Waals surface area contributed by atoms with Gasteiger partial charge in [-0.2, -0.15) is 0 Å². The third-order valence-electron chi connectivity index (χ3n) is 14.0. The van der Waals surface area contributed by atoms with Crippen molar-refractivity contribution in [3.63, 3.8) is 0 Å². The molecule has 314 valence electrons. The zero-order valence-corrected chi connectivity index (χ0v) is 37.5. The van der Waals surface area contributed by atoms with Gasteiger partial charge in [0.2, 0.25) is 0 Å². The second-order valence-electron chi connectivity index (χ2n) is 17.5. The molecule has 0 aliphatic heterocycles. The summed E-state index contributed by atoms with van der Waals surface area (Å²) in [5, 5.41) is 5.12. The molecular formula is C65H43NS. The first-order chi connectivity index (χ1) is 33.3. The van der Waals surface area contributed by atoms with E-state index in [1.54, 1.807) is 0 Å². The fraction of sp³-hybridized carbons (Fsp3) is 0.0154. The van der Waals surface area contributed by atoms with E-state index in [9.17, 15) is 0 Å². The maximum absolute atomic E-state index is 2.52. The van der Waals surface area contributed by atoms with Gasteiger partial charge in [0.25, 0.3) is 0 Å². The Balaban J connectivity index is 1.02. The van der Waals surface area contributed by atoms with Gasteiger partial charge in [-0.15, -0.1) is 11.3 Å². The summed E-state index contributed by atoms with van der Waals surface area (Å²) in [7, 11) is 0. The largest absolute Gasteiger partial charge is 0.309 e. The number of rotatable bonds is 8. The number of hydrogen-bond donors (Lipinski definition) is 0. The summed E-state index contributed by atoms with van der Waals surface area (Å²) in [5.74, 6) is 0. The Morgan fingerprint density at radius 3 is 1.60 bits per heavy atom. The first-order valence-corrected chi connectivity index (χ1v) is 23.9. The lowest BCUT2D eigenvalue weighted by Crippen LogP contribution is -2.28. The smallest absolute Gasteiger partial charge is 0.0714 e. The Bertz CT molecular complexity index is 3750. The number of benzene rings is 11. The number of thiophene rings is 1. The van der Waals surface area contributed by atoms with Crippen molar-refractivity contribution in [2.24, 2.45) is 0 Å². The van der Waals surface area contributed by atoms with Crippen molar-refractivity contribution in [1.82, 2.24) is 0 Å². The van der Waals surface area contributed by atoms with E-state index in [2.05, 4.69) is 266 Å². The summed E-state index contributed by atoms with van der Waals surface area (Å²) >= 11 is 1.88. The van der Waals surface area contributed by atoms with E-state index in [0.717, 1.165) is 17.1 Å². The number of para-hydroxylation sites is 1. The summed E-state index contributed by atoms with van der Waals surface area (Å²) < 4.78 is 2.60. The molecule has 13 rings (SSSR count). The normalized spacial score (nSPS) is 12.6. The molecule has 1 nitrogen and oxygen atoms in total. The Morgan fingerprint density at radius 1 is 0.313 bits per heavy atom. The van der Waals surface area contributed by atoms with Crippen LogP contribution in [-0.2, 0) is 5.41 Å². The van der Waals surface area contributed by atoms with Crippen molar-refractivity contribution in [3.8, 4) is 44.5 Å². The molecule has 0 atom stereocenters. The lowest BCUT2D eigenvalue weighted by molar-refractivity contribution is 0.768. The van der Waals surface area contributed by atoms with Crippen LogP contribution >= 0.6 is 11.3 Å². The van der Waals surface area contributed by atoms with Gasteiger partial charge in [0.15, 0.2) is 0 Å². The summed E-state index contributed by atoms with van der Waals surface area (Å²) in [5.41, 5.74) is 17.7. The second kappa shape index (κ2) is 16.0. The molecule has 0 N–H and O–H groups in total. The Kier molecular flexibility index (Phi) is 9.33. The van der Waals surface area contributed by atoms with Crippen LogP contribution < -0.4 is 4.90 Å². The van der Waals surface area contributed by atoms with Crippen molar-refractivity contribution in [2.75, 3.05) is 4.90 Å². The quantitative estimate of drug-likeness (QED) is 0.147. The zero-order chi connectivity index (χ0) is 44.3. The predicted molar refractivity (Wildman–Crippen MR) is 285 cm³/mol. The first kappa shape index (κ1) is 39.1. The van der Waals surface area contributed by atoms with E-state index in [4.69, 9.17) is 0 Å². The summed E-state index contributed by atoms with van der Waals surface area (Å²) in [6.07, 6.45) is 0. The van der Waals surface area contributed by atoms with Crippen molar-refractivity contribution < 1.29 is 0 Å². The molecule has 0 unspecified atom stereocenters. The molecule has 0 amide bonds. The van der Waals surface area contributed by atoms with Crippen LogP contribution in [0.1, 0.15) is 22.3 Å². The molecule has 1 heterocycles. The molecule has 67 heavy (non-hydrogen) atoms. The molecule has 0 bridgehead atoms. The highest BCUT2D eigenvalue weighted by atomic mass is 32.1. The lowest BCUT2D eigenvalue weighted by Gasteiger charge is -2.34. The number of fused-ring (bicyclic) bond motifs is 7. The first-order valence-electron chi connectivity index (χ1n) is 23.1. The standard InChI is InChI=1S/C65H43NS/c1-3-20-48(21-4-1)65(49-22-5-2-6-23-49)58-31-12-9-27-57(58)63-59(65)32-17-34-61(63)66(60-33-13-10-25-53(60)55-29-16-30-56-54-26-11-14-35-62(54)67-64(55)56)50-42-40-45(41-43-50)44-36-38-47(39-37-44)52-28-15-19-46-18-7-8-24-51(46)52/h1-43H. The van der Waals surface area contributed by atoms with Crippen molar-refractivity contribution >= 4 is 59.3 Å². The van der Waals surface area contributed by atoms with E-state index in [-0.39, 0.29) is 0 Å². The molecule has 1 aliphatic carbocycles.